The number of nitrogens with two attached hydrogens (primary N) is 1. The van der Waals surface area contributed by atoms with Gasteiger partial charge in [0, 0.05) is 32.4 Å². The molecule has 0 bridgehead atoms. The highest BCUT2D eigenvalue weighted by molar-refractivity contribution is 5.75. The van der Waals surface area contributed by atoms with E-state index in [1.54, 1.807) is 36.9 Å². The number of anilines is 1. The molecule has 2 N–H and O–H groups in total. The molecule has 0 saturated carbocycles. The molecular formula is C21H25N7O2. The summed E-state index contributed by atoms with van der Waals surface area (Å²) in [5, 5.41) is 0. The highest BCUT2D eigenvalue weighted by Crippen LogP contribution is 2.22. The van der Waals surface area contributed by atoms with Crippen LogP contribution in [0.15, 0.2) is 34.0 Å². The van der Waals surface area contributed by atoms with E-state index in [1.165, 1.54) is 9.13 Å². The minimum absolute atomic E-state index is 0.0499. The number of aromatic nitrogens is 5. The molecule has 156 valence electrons. The number of fused-ring (bicyclic) bond motifs is 1. The first-order valence-electron chi connectivity index (χ1n) is 10.0. The van der Waals surface area contributed by atoms with E-state index in [9.17, 15) is 9.59 Å². The van der Waals surface area contributed by atoms with Gasteiger partial charge in [-0.05, 0) is 31.9 Å². The van der Waals surface area contributed by atoms with Crippen molar-refractivity contribution in [3.8, 4) is 11.8 Å². The lowest BCUT2D eigenvalue weighted by molar-refractivity contribution is 0.496. The summed E-state index contributed by atoms with van der Waals surface area (Å²) < 4.78 is 4.43. The van der Waals surface area contributed by atoms with Crippen LogP contribution in [0.2, 0.25) is 0 Å². The zero-order valence-electron chi connectivity index (χ0n) is 17.2. The van der Waals surface area contributed by atoms with Crippen LogP contribution in [0, 0.1) is 11.8 Å². The Morgan fingerprint density at radius 3 is 2.80 bits per heavy atom. The van der Waals surface area contributed by atoms with E-state index in [0.29, 0.717) is 35.9 Å². The second-order valence-electron chi connectivity index (χ2n) is 7.50. The number of aryl methyl sites for hydroxylation is 1. The maximum absolute atomic E-state index is 13.4. The Labute approximate surface area is 173 Å². The van der Waals surface area contributed by atoms with E-state index in [2.05, 4.69) is 21.7 Å². The number of nitrogens with zero attached hydrogens (tertiary/aromatic N) is 6. The first kappa shape index (κ1) is 19.9. The standard InChI is InChI=1S/C21H25N7O2/c1-3-4-12-27-17-18(24-20(27)26-11-7-8-15(22)13-26)25(2)21(30)28(19(17)29)14-16-9-5-6-10-23-16/h5-6,9-10,15H,7-8,11-14,22H2,1-2H3/t15-/m1/s1. The molecule has 4 heterocycles. The summed E-state index contributed by atoms with van der Waals surface area (Å²) in [5.74, 6) is 6.54. The first-order chi connectivity index (χ1) is 14.5. The highest BCUT2D eigenvalue weighted by Gasteiger charge is 2.26. The van der Waals surface area contributed by atoms with Gasteiger partial charge in [-0.2, -0.15) is 4.98 Å². The number of piperidine rings is 1. The Bertz CT molecular complexity index is 1240. The first-order valence-corrected chi connectivity index (χ1v) is 10.0. The van der Waals surface area contributed by atoms with Crippen LogP contribution in [-0.2, 0) is 20.1 Å². The fourth-order valence-corrected chi connectivity index (χ4v) is 3.89. The predicted octanol–water partition coefficient (Wildman–Crippen LogP) is 0.291. The average molecular weight is 407 g/mol. The van der Waals surface area contributed by atoms with E-state index in [1.807, 2.05) is 6.07 Å². The molecular weight excluding hydrogens is 382 g/mol. The Balaban J connectivity index is 1.93. The molecule has 9 nitrogen and oxygen atoms in total. The third-order valence-corrected chi connectivity index (χ3v) is 5.41. The van der Waals surface area contributed by atoms with Gasteiger partial charge in [-0.25, -0.2) is 4.79 Å². The third-order valence-electron chi connectivity index (χ3n) is 5.41. The lowest BCUT2D eigenvalue weighted by atomic mass is 10.1. The van der Waals surface area contributed by atoms with E-state index in [4.69, 9.17) is 10.7 Å². The molecule has 1 fully saturated rings. The lowest BCUT2D eigenvalue weighted by Crippen LogP contribution is -2.44. The van der Waals surface area contributed by atoms with Crippen molar-refractivity contribution >= 4 is 17.1 Å². The van der Waals surface area contributed by atoms with E-state index < -0.39 is 11.2 Å². The van der Waals surface area contributed by atoms with Crippen LogP contribution in [0.25, 0.3) is 11.2 Å². The highest BCUT2D eigenvalue weighted by atomic mass is 16.2. The van der Waals surface area contributed by atoms with Gasteiger partial charge in [0.05, 0.1) is 18.8 Å². The smallest absolute Gasteiger partial charge is 0.332 e. The fraction of sp³-hybridized carbons (Fsp3) is 0.429. The van der Waals surface area contributed by atoms with Crippen LogP contribution in [0.5, 0.6) is 0 Å². The molecule has 0 amide bonds. The number of hydrogen-bond acceptors (Lipinski definition) is 6. The summed E-state index contributed by atoms with van der Waals surface area (Å²) in [5.41, 5.74) is 6.71. The van der Waals surface area contributed by atoms with Crippen molar-refractivity contribution < 1.29 is 0 Å². The van der Waals surface area contributed by atoms with Crippen molar-refractivity contribution in [3.63, 3.8) is 0 Å². The van der Waals surface area contributed by atoms with Crippen molar-refractivity contribution in [1.82, 2.24) is 23.7 Å². The molecule has 1 aliphatic heterocycles. The van der Waals surface area contributed by atoms with Crippen molar-refractivity contribution in [3.05, 3.63) is 50.9 Å². The zero-order valence-corrected chi connectivity index (χ0v) is 17.2. The SMILES string of the molecule is CC#CCn1c(N2CCC[C@@H](N)C2)nc2c1c(=O)n(Cc1ccccn1)c(=O)n2C. The predicted molar refractivity (Wildman–Crippen MR) is 115 cm³/mol. The summed E-state index contributed by atoms with van der Waals surface area (Å²) in [7, 11) is 1.63. The van der Waals surface area contributed by atoms with Crippen LogP contribution in [-0.4, -0.2) is 42.8 Å². The van der Waals surface area contributed by atoms with E-state index in [0.717, 1.165) is 19.4 Å². The topological polar surface area (TPSA) is 104 Å². The number of rotatable bonds is 4. The maximum atomic E-state index is 13.4. The van der Waals surface area contributed by atoms with Crippen LogP contribution in [0.4, 0.5) is 5.95 Å². The molecule has 4 rings (SSSR count). The minimum atomic E-state index is -0.425. The largest absolute Gasteiger partial charge is 0.341 e. The van der Waals surface area contributed by atoms with Gasteiger partial charge in [0.1, 0.15) is 0 Å². The van der Waals surface area contributed by atoms with Gasteiger partial charge in [0.2, 0.25) is 5.95 Å². The van der Waals surface area contributed by atoms with Crippen LogP contribution < -0.4 is 21.9 Å². The number of pyridine rings is 1. The Hall–Kier alpha value is -3.38. The third kappa shape index (κ3) is 3.50. The van der Waals surface area contributed by atoms with Gasteiger partial charge >= 0.3 is 5.69 Å². The van der Waals surface area contributed by atoms with E-state index in [-0.39, 0.29) is 12.6 Å². The average Bonchev–Trinajstić information content (AvgIpc) is 3.14. The Morgan fingerprint density at radius 1 is 1.27 bits per heavy atom. The van der Waals surface area contributed by atoms with Crippen LogP contribution >= 0.6 is 0 Å². The summed E-state index contributed by atoms with van der Waals surface area (Å²) >= 11 is 0. The van der Waals surface area contributed by atoms with E-state index >= 15 is 0 Å². The maximum Gasteiger partial charge on any atom is 0.332 e. The molecule has 0 unspecified atom stereocenters. The molecule has 1 aliphatic rings. The van der Waals surface area contributed by atoms with Gasteiger partial charge in [0.25, 0.3) is 5.56 Å². The summed E-state index contributed by atoms with van der Waals surface area (Å²) in [6.45, 7) is 3.61. The van der Waals surface area contributed by atoms with Crippen molar-refractivity contribution in [1.29, 1.82) is 0 Å². The van der Waals surface area contributed by atoms with Crippen molar-refractivity contribution in [2.45, 2.75) is 38.9 Å². The molecule has 1 saturated heterocycles. The molecule has 1 atom stereocenters. The van der Waals surface area contributed by atoms with Crippen molar-refractivity contribution in [2.24, 2.45) is 12.8 Å². The molecule has 30 heavy (non-hydrogen) atoms. The monoisotopic (exact) mass is 407 g/mol. The second-order valence-corrected chi connectivity index (χ2v) is 7.50. The quantitative estimate of drug-likeness (QED) is 0.624. The summed E-state index contributed by atoms with van der Waals surface area (Å²) in [6.07, 6.45) is 3.55. The summed E-state index contributed by atoms with van der Waals surface area (Å²) in [4.78, 5) is 37.4. The van der Waals surface area contributed by atoms with Gasteiger partial charge in [-0.15, -0.1) is 5.92 Å². The fourth-order valence-electron chi connectivity index (χ4n) is 3.89. The van der Waals surface area contributed by atoms with Gasteiger partial charge in [0.15, 0.2) is 11.2 Å². The van der Waals surface area contributed by atoms with Crippen LogP contribution in [0.3, 0.4) is 0 Å². The van der Waals surface area contributed by atoms with Gasteiger partial charge < -0.3 is 10.6 Å². The van der Waals surface area contributed by atoms with Gasteiger partial charge in [-0.3, -0.25) is 23.5 Å². The number of hydrogen-bond donors (Lipinski definition) is 1. The molecule has 0 aliphatic carbocycles. The molecule has 0 aromatic carbocycles. The second kappa shape index (κ2) is 8.16. The number of imidazole rings is 1. The minimum Gasteiger partial charge on any atom is -0.341 e. The Kier molecular flexibility index (Phi) is 5.42. The van der Waals surface area contributed by atoms with Gasteiger partial charge in [-0.1, -0.05) is 12.0 Å². The molecule has 0 radical (unpaired) electrons. The molecule has 9 heteroatoms. The van der Waals surface area contributed by atoms with Crippen molar-refractivity contribution in [2.75, 3.05) is 18.0 Å². The zero-order chi connectivity index (χ0) is 21.3. The Morgan fingerprint density at radius 2 is 2.10 bits per heavy atom. The van der Waals surface area contributed by atoms with Crippen LogP contribution in [0.1, 0.15) is 25.5 Å². The summed E-state index contributed by atoms with van der Waals surface area (Å²) in [6, 6.07) is 5.46. The molecule has 0 spiro atoms. The lowest BCUT2D eigenvalue weighted by Gasteiger charge is -2.31. The molecule has 3 aromatic rings. The molecule has 3 aromatic heterocycles. The normalized spacial score (nSPS) is 16.5.